The van der Waals surface area contributed by atoms with Gasteiger partial charge >= 0.3 is 11.9 Å². The molecule has 8 heteroatoms. The summed E-state index contributed by atoms with van der Waals surface area (Å²) in [6, 6.07) is 8.98. The van der Waals surface area contributed by atoms with Crippen molar-refractivity contribution in [2.24, 2.45) is 10.2 Å². The monoisotopic (exact) mass is 324 g/mol. The third-order valence-corrected chi connectivity index (χ3v) is 3.37. The van der Waals surface area contributed by atoms with E-state index in [1.54, 1.807) is 29.7 Å². The van der Waals surface area contributed by atoms with Gasteiger partial charge in [0.15, 0.2) is 5.82 Å². The smallest absolute Gasteiger partial charge is 0.335 e. The Morgan fingerprint density at radius 1 is 1.04 bits per heavy atom. The van der Waals surface area contributed by atoms with E-state index in [-0.39, 0.29) is 11.1 Å². The Labute approximate surface area is 135 Å². The molecule has 0 saturated heterocycles. The van der Waals surface area contributed by atoms with E-state index in [1.807, 2.05) is 0 Å². The zero-order valence-corrected chi connectivity index (χ0v) is 12.5. The molecule has 2 aromatic heterocycles. The Kier molecular flexibility index (Phi) is 3.78. The minimum Gasteiger partial charge on any atom is -0.478 e. The topological polar surface area (TPSA) is 117 Å². The predicted molar refractivity (Wildman–Crippen MR) is 84.5 cm³/mol. The standard InChI is InChI=1S/C16H12N4O4/c1-9-14(19-18-12-4-2-3-10(7-12)15(21)22)20-6-5-11(16(23)24)8-13(20)17-9/h2-8H,1H3,(H,21,22)(H,23,24). The number of imidazole rings is 1. The first kappa shape index (κ1) is 15.3. The predicted octanol–water partition coefficient (Wildman–Crippen LogP) is 3.45. The maximum Gasteiger partial charge on any atom is 0.335 e. The van der Waals surface area contributed by atoms with Gasteiger partial charge in [0.25, 0.3) is 0 Å². The van der Waals surface area contributed by atoms with Gasteiger partial charge in [0, 0.05) is 6.20 Å². The molecule has 0 aliphatic carbocycles. The highest BCUT2D eigenvalue weighted by atomic mass is 16.4. The molecule has 0 radical (unpaired) electrons. The lowest BCUT2D eigenvalue weighted by molar-refractivity contribution is 0.0686. The summed E-state index contributed by atoms with van der Waals surface area (Å²) in [4.78, 5) is 26.2. The van der Waals surface area contributed by atoms with Crippen molar-refractivity contribution in [2.45, 2.75) is 6.92 Å². The van der Waals surface area contributed by atoms with Gasteiger partial charge in [-0.25, -0.2) is 14.6 Å². The molecular weight excluding hydrogens is 312 g/mol. The first-order valence-corrected chi connectivity index (χ1v) is 6.93. The number of nitrogens with zero attached hydrogens (tertiary/aromatic N) is 4. The van der Waals surface area contributed by atoms with Gasteiger partial charge in [0.05, 0.1) is 22.5 Å². The van der Waals surface area contributed by atoms with E-state index in [9.17, 15) is 9.59 Å². The number of azo groups is 1. The lowest BCUT2D eigenvalue weighted by Crippen LogP contribution is -1.97. The average molecular weight is 324 g/mol. The molecule has 0 aliphatic rings. The van der Waals surface area contributed by atoms with E-state index in [0.717, 1.165) is 0 Å². The molecule has 3 rings (SSSR count). The summed E-state index contributed by atoms with van der Waals surface area (Å²) >= 11 is 0. The van der Waals surface area contributed by atoms with Gasteiger partial charge < -0.3 is 10.2 Å². The molecule has 0 saturated carbocycles. The maximum atomic E-state index is 11.0. The van der Waals surface area contributed by atoms with Gasteiger partial charge in [-0.3, -0.25) is 4.40 Å². The van der Waals surface area contributed by atoms with Gasteiger partial charge in [-0.05, 0) is 37.3 Å². The van der Waals surface area contributed by atoms with Crippen LogP contribution in [-0.2, 0) is 0 Å². The van der Waals surface area contributed by atoms with Crippen LogP contribution in [0.5, 0.6) is 0 Å². The van der Waals surface area contributed by atoms with Crippen molar-refractivity contribution in [2.75, 3.05) is 0 Å². The van der Waals surface area contributed by atoms with Gasteiger partial charge in [0.2, 0.25) is 0 Å². The highest BCUT2D eigenvalue weighted by Crippen LogP contribution is 2.24. The number of carboxylic acid groups (broad SMARTS) is 2. The van der Waals surface area contributed by atoms with Crippen LogP contribution in [0.3, 0.4) is 0 Å². The average Bonchev–Trinajstić information content (AvgIpc) is 2.87. The van der Waals surface area contributed by atoms with Gasteiger partial charge in [-0.2, -0.15) is 0 Å². The fourth-order valence-electron chi connectivity index (χ4n) is 2.21. The summed E-state index contributed by atoms with van der Waals surface area (Å²) in [5, 5.41) is 26.2. The van der Waals surface area contributed by atoms with Crippen LogP contribution in [0.2, 0.25) is 0 Å². The van der Waals surface area contributed by atoms with Crippen molar-refractivity contribution in [1.29, 1.82) is 0 Å². The Morgan fingerprint density at radius 2 is 1.75 bits per heavy atom. The molecule has 8 nitrogen and oxygen atoms in total. The molecule has 2 N–H and O–H groups in total. The SMILES string of the molecule is Cc1nc2cc(C(=O)O)ccn2c1N=Nc1cccc(C(=O)O)c1. The van der Waals surface area contributed by atoms with Crippen LogP contribution >= 0.6 is 0 Å². The van der Waals surface area contributed by atoms with E-state index >= 15 is 0 Å². The summed E-state index contributed by atoms with van der Waals surface area (Å²) < 4.78 is 1.62. The van der Waals surface area contributed by atoms with Crippen LogP contribution < -0.4 is 0 Å². The van der Waals surface area contributed by atoms with E-state index in [1.165, 1.54) is 24.3 Å². The number of aromatic carboxylic acids is 2. The second-order valence-electron chi connectivity index (χ2n) is 5.03. The van der Waals surface area contributed by atoms with Crippen molar-refractivity contribution in [3.8, 4) is 0 Å². The number of pyridine rings is 1. The lowest BCUT2D eigenvalue weighted by Gasteiger charge is -1.99. The number of rotatable bonds is 4. The number of aryl methyl sites for hydroxylation is 1. The second kappa shape index (κ2) is 5.92. The second-order valence-corrected chi connectivity index (χ2v) is 5.03. The lowest BCUT2D eigenvalue weighted by atomic mass is 10.2. The Balaban J connectivity index is 2.00. The Hall–Kier alpha value is -3.55. The van der Waals surface area contributed by atoms with Crippen molar-refractivity contribution in [3.05, 3.63) is 59.4 Å². The van der Waals surface area contributed by atoms with Crippen LogP contribution in [-0.4, -0.2) is 31.5 Å². The quantitative estimate of drug-likeness (QED) is 0.713. The van der Waals surface area contributed by atoms with Crippen LogP contribution in [0.1, 0.15) is 26.4 Å². The van der Waals surface area contributed by atoms with E-state index < -0.39 is 11.9 Å². The number of aromatic nitrogens is 2. The maximum absolute atomic E-state index is 11.0. The number of fused-ring (bicyclic) bond motifs is 1. The summed E-state index contributed by atoms with van der Waals surface area (Å²) in [6.45, 7) is 1.73. The summed E-state index contributed by atoms with van der Waals surface area (Å²) in [5.74, 6) is -1.63. The summed E-state index contributed by atoms with van der Waals surface area (Å²) in [6.07, 6.45) is 1.56. The van der Waals surface area contributed by atoms with Crippen molar-refractivity contribution < 1.29 is 19.8 Å². The minimum absolute atomic E-state index is 0.118. The molecule has 0 spiro atoms. The molecule has 2 heterocycles. The van der Waals surface area contributed by atoms with Crippen molar-refractivity contribution in [1.82, 2.24) is 9.38 Å². The number of carbonyl (C=O) groups is 2. The largest absolute Gasteiger partial charge is 0.478 e. The third-order valence-electron chi connectivity index (χ3n) is 3.37. The van der Waals surface area contributed by atoms with Gasteiger partial charge in [0.1, 0.15) is 5.65 Å². The fourth-order valence-corrected chi connectivity index (χ4v) is 2.21. The molecule has 0 aliphatic heterocycles. The van der Waals surface area contributed by atoms with E-state index in [2.05, 4.69) is 15.2 Å². The molecule has 24 heavy (non-hydrogen) atoms. The molecule has 0 fully saturated rings. The van der Waals surface area contributed by atoms with E-state index in [0.29, 0.717) is 22.8 Å². The molecule has 1 aromatic carbocycles. The van der Waals surface area contributed by atoms with Crippen molar-refractivity contribution in [3.63, 3.8) is 0 Å². The fraction of sp³-hybridized carbons (Fsp3) is 0.0625. The number of benzene rings is 1. The zero-order chi connectivity index (χ0) is 17.3. The van der Waals surface area contributed by atoms with Gasteiger partial charge in [-0.1, -0.05) is 6.07 Å². The van der Waals surface area contributed by atoms with Crippen molar-refractivity contribution >= 4 is 29.1 Å². The minimum atomic E-state index is -1.04. The van der Waals surface area contributed by atoms with Crippen LogP contribution in [0, 0.1) is 6.92 Å². The van der Waals surface area contributed by atoms with Crippen LogP contribution in [0.15, 0.2) is 52.8 Å². The molecular formula is C16H12N4O4. The molecule has 0 amide bonds. The molecule has 0 unspecified atom stereocenters. The zero-order valence-electron chi connectivity index (χ0n) is 12.5. The number of hydrogen-bond donors (Lipinski definition) is 2. The molecule has 0 bridgehead atoms. The first-order chi connectivity index (χ1) is 11.5. The van der Waals surface area contributed by atoms with Crippen LogP contribution in [0.4, 0.5) is 11.5 Å². The summed E-state index contributed by atoms with van der Waals surface area (Å²) in [5.41, 5.74) is 1.67. The van der Waals surface area contributed by atoms with E-state index in [4.69, 9.17) is 10.2 Å². The molecule has 3 aromatic rings. The highest BCUT2D eigenvalue weighted by Gasteiger charge is 2.11. The normalized spacial score (nSPS) is 11.2. The third kappa shape index (κ3) is 2.84. The summed E-state index contributed by atoms with van der Waals surface area (Å²) in [7, 11) is 0. The Bertz CT molecular complexity index is 991. The molecule has 0 atom stereocenters. The highest BCUT2D eigenvalue weighted by molar-refractivity contribution is 5.89. The number of carboxylic acids is 2. The van der Waals surface area contributed by atoms with Gasteiger partial charge in [-0.15, -0.1) is 10.2 Å². The van der Waals surface area contributed by atoms with Crippen LogP contribution in [0.25, 0.3) is 5.65 Å². The first-order valence-electron chi connectivity index (χ1n) is 6.93. The number of hydrogen-bond acceptors (Lipinski definition) is 5. The Morgan fingerprint density at radius 3 is 2.46 bits per heavy atom. The molecule has 120 valence electrons.